The highest BCUT2D eigenvalue weighted by molar-refractivity contribution is 7.80. The molecule has 0 saturated carbocycles. The van der Waals surface area contributed by atoms with E-state index in [0.717, 1.165) is 11.1 Å². The molecule has 1 aromatic rings. The first kappa shape index (κ1) is 14.1. The SMILES string of the molecule is NC(=O)c1cccc2c1CN(C1CCC(=O)NC1=O)C2S. The fourth-order valence-corrected chi connectivity index (χ4v) is 3.47. The minimum Gasteiger partial charge on any atom is -0.366 e. The zero-order chi connectivity index (χ0) is 15.1. The van der Waals surface area contributed by atoms with Gasteiger partial charge in [-0.15, -0.1) is 0 Å². The van der Waals surface area contributed by atoms with Gasteiger partial charge in [-0.05, 0) is 23.6 Å². The molecule has 0 aliphatic carbocycles. The number of hydrogen-bond donors (Lipinski definition) is 3. The number of carbonyl (C=O) groups is 3. The van der Waals surface area contributed by atoms with Crippen LogP contribution in [0.15, 0.2) is 18.2 Å². The van der Waals surface area contributed by atoms with Gasteiger partial charge in [0.25, 0.3) is 0 Å². The molecule has 2 aliphatic rings. The lowest BCUT2D eigenvalue weighted by atomic mass is 10.0. The third kappa shape index (κ3) is 2.32. The number of rotatable bonds is 2. The molecule has 0 bridgehead atoms. The molecule has 0 radical (unpaired) electrons. The summed E-state index contributed by atoms with van der Waals surface area (Å²) < 4.78 is 0. The van der Waals surface area contributed by atoms with Gasteiger partial charge in [0.15, 0.2) is 0 Å². The van der Waals surface area contributed by atoms with E-state index >= 15 is 0 Å². The number of nitrogens with zero attached hydrogens (tertiary/aromatic N) is 1. The van der Waals surface area contributed by atoms with E-state index in [2.05, 4.69) is 17.9 Å². The second-order valence-corrected chi connectivity index (χ2v) is 5.74. The van der Waals surface area contributed by atoms with Crippen molar-refractivity contribution in [3.05, 3.63) is 34.9 Å². The van der Waals surface area contributed by atoms with E-state index in [1.165, 1.54) is 0 Å². The summed E-state index contributed by atoms with van der Waals surface area (Å²) in [6.45, 7) is 0.425. The lowest BCUT2D eigenvalue weighted by Crippen LogP contribution is -2.51. The van der Waals surface area contributed by atoms with Crippen LogP contribution in [0.25, 0.3) is 0 Å². The van der Waals surface area contributed by atoms with Crippen LogP contribution in [0.1, 0.15) is 39.7 Å². The van der Waals surface area contributed by atoms with Crippen molar-refractivity contribution in [1.29, 1.82) is 0 Å². The van der Waals surface area contributed by atoms with Gasteiger partial charge in [-0.2, -0.15) is 12.6 Å². The minimum atomic E-state index is -0.488. The molecule has 1 fully saturated rings. The van der Waals surface area contributed by atoms with Gasteiger partial charge in [0.1, 0.15) is 0 Å². The molecule has 2 aliphatic heterocycles. The number of benzene rings is 1. The van der Waals surface area contributed by atoms with E-state index in [1.807, 2.05) is 11.0 Å². The Morgan fingerprint density at radius 2 is 2.14 bits per heavy atom. The summed E-state index contributed by atoms with van der Waals surface area (Å²) in [6, 6.07) is 4.90. The predicted octanol–water partition coefficient (Wildman–Crippen LogP) is 0.335. The van der Waals surface area contributed by atoms with Crippen molar-refractivity contribution < 1.29 is 14.4 Å². The first-order valence-corrected chi connectivity index (χ1v) is 7.19. The molecule has 3 amide bonds. The zero-order valence-corrected chi connectivity index (χ0v) is 12.1. The highest BCUT2D eigenvalue weighted by Crippen LogP contribution is 2.40. The van der Waals surface area contributed by atoms with Gasteiger partial charge < -0.3 is 5.73 Å². The van der Waals surface area contributed by atoms with Crippen LogP contribution < -0.4 is 11.1 Å². The minimum absolute atomic E-state index is 0.249. The van der Waals surface area contributed by atoms with Gasteiger partial charge in [-0.3, -0.25) is 24.6 Å². The molecule has 0 aromatic heterocycles. The van der Waals surface area contributed by atoms with Crippen molar-refractivity contribution in [3.8, 4) is 0 Å². The van der Waals surface area contributed by atoms with Crippen LogP contribution in [0, 0.1) is 0 Å². The number of primary amides is 1. The number of nitrogens with two attached hydrogens (primary N) is 1. The number of piperidine rings is 1. The lowest BCUT2D eigenvalue weighted by Gasteiger charge is -2.32. The fourth-order valence-electron chi connectivity index (χ4n) is 2.98. The fraction of sp³-hybridized carbons (Fsp3) is 0.357. The van der Waals surface area contributed by atoms with Crippen molar-refractivity contribution in [3.63, 3.8) is 0 Å². The third-order valence-electron chi connectivity index (χ3n) is 4.02. The largest absolute Gasteiger partial charge is 0.366 e. The zero-order valence-electron chi connectivity index (χ0n) is 11.2. The van der Waals surface area contributed by atoms with Crippen LogP contribution in [0.2, 0.25) is 0 Å². The monoisotopic (exact) mass is 305 g/mol. The Kier molecular flexibility index (Phi) is 3.46. The average Bonchev–Trinajstić information content (AvgIpc) is 2.76. The Morgan fingerprint density at radius 1 is 1.38 bits per heavy atom. The average molecular weight is 305 g/mol. The molecule has 21 heavy (non-hydrogen) atoms. The molecule has 3 N–H and O–H groups in total. The van der Waals surface area contributed by atoms with Crippen LogP contribution >= 0.6 is 12.6 Å². The Balaban J connectivity index is 1.92. The Morgan fingerprint density at radius 3 is 2.81 bits per heavy atom. The third-order valence-corrected chi connectivity index (χ3v) is 4.60. The Hall–Kier alpha value is -1.86. The molecule has 110 valence electrons. The number of thiol groups is 1. The Labute approximate surface area is 127 Å². The van der Waals surface area contributed by atoms with Gasteiger partial charge in [-0.1, -0.05) is 12.1 Å². The summed E-state index contributed by atoms with van der Waals surface area (Å²) in [7, 11) is 0. The molecule has 3 rings (SSSR count). The first-order chi connectivity index (χ1) is 9.99. The topological polar surface area (TPSA) is 92.5 Å². The number of carbonyl (C=O) groups excluding carboxylic acids is 3. The smallest absolute Gasteiger partial charge is 0.249 e. The van der Waals surface area contributed by atoms with E-state index in [0.29, 0.717) is 24.9 Å². The van der Waals surface area contributed by atoms with Gasteiger partial charge in [0.05, 0.1) is 11.4 Å². The normalized spacial score (nSPS) is 25.6. The van der Waals surface area contributed by atoms with Crippen LogP contribution in [-0.4, -0.2) is 28.7 Å². The number of nitrogens with one attached hydrogen (secondary N) is 1. The van der Waals surface area contributed by atoms with Crippen LogP contribution in [0.5, 0.6) is 0 Å². The second kappa shape index (κ2) is 5.16. The molecule has 0 spiro atoms. The number of hydrogen-bond acceptors (Lipinski definition) is 5. The quantitative estimate of drug-likeness (QED) is 0.542. The Bertz CT molecular complexity index is 646. The summed E-state index contributed by atoms with van der Waals surface area (Å²) in [6.07, 6.45) is 0.772. The second-order valence-electron chi connectivity index (χ2n) is 5.25. The maximum absolute atomic E-state index is 12.0. The van der Waals surface area contributed by atoms with E-state index < -0.39 is 11.9 Å². The van der Waals surface area contributed by atoms with Crippen LogP contribution in [0.4, 0.5) is 0 Å². The summed E-state index contributed by atoms with van der Waals surface area (Å²) in [5.41, 5.74) is 7.56. The van der Waals surface area contributed by atoms with Crippen molar-refractivity contribution in [2.45, 2.75) is 30.8 Å². The van der Waals surface area contributed by atoms with E-state index in [1.54, 1.807) is 12.1 Å². The van der Waals surface area contributed by atoms with Gasteiger partial charge >= 0.3 is 0 Å². The molecule has 7 heteroatoms. The van der Waals surface area contributed by atoms with Crippen molar-refractivity contribution in [2.75, 3.05) is 0 Å². The number of imide groups is 1. The lowest BCUT2D eigenvalue weighted by molar-refractivity contribution is -0.137. The van der Waals surface area contributed by atoms with Crippen LogP contribution in [0.3, 0.4) is 0 Å². The highest BCUT2D eigenvalue weighted by Gasteiger charge is 2.40. The number of fused-ring (bicyclic) bond motifs is 1. The highest BCUT2D eigenvalue weighted by atomic mass is 32.1. The molecule has 1 saturated heterocycles. The summed E-state index contributed by atoms with van der Waals surface area (Å²) >= 11 is 4.56. The maximum Gasteiger partial charge on any atom is 0.249 e. The van der Waals surface area contributed by atoms with Crippen molar-refractivity contribution in [1.82, 2.24) is 10.2 Å². The molecule has 2 heterocycles. The molecule has 6 nitrogen and oxygen atoms in total. The maximum atomic E-state index is 12.0. The standard InChI is InChI=1S/C14H15N3O3S/c15-12(19)7-2-1-3-8-9(7)6-17(14(8)21)10-4-5-11(18)16-13(10)20/h1-3,10,14,21H,4-6H2,(H2,15,19)(H,16,18,20). The van der Waals surface area contributed by atoms with E-state index in [9.17, 15) is 14.4 Å². The first-order valence-electron chi connectivity index (χ1n) is 6.68. The van der Waals surface area contributed by atoms with Gasteiger partial charge in [0.2, 0.25) is 17.7 Å². The predicted molar refractivity (Wildman–Crippen MR) is 78.4 cm³/mol. The number of amides is 3. The molecule has 1 aromatic carbocycles. The van der Waals surface area contributed by atoms with Gasteiger partial charge in [0, 0.05) is 18.5 Å². The van der Waals surface area contributed by atoms with E-state index in [-0.39, 0.29) is 17.2 Å². The summed E-state index contributed by atoms with van der Waals surface area (Å²) in [4.78, 5) is 36.7. The van der Waals surface area contributed by atoms with Crippen molar-refractivity contribution >= 4 is 30.4 Å². The molecular formula is C14H15N3O3S. The summed E-state index contributed by atoms with van der Waals surface area (Å²) in [5, 5.41) is 2.06. The molecular weight excluding hydrogens is 290 g/mol. The summed E-state index contributed by atoms with van der Waals surface area (Å²) in [5.74, 6) is -1.04. The molecule has 2 atom stereocenters. The van der Waals surface area contributed by atoms with Gasteiger partial charge in [-0.25, -0.2) is 0 Å². The molecule has 2 unspecified atom stereocenters. The van der Waals surface area contributed by atoms with E-state index in [4.69, 9.17) is 5.73 Å². The van der Waals surface area contributed by atoms with Crippen molar-refractivity contribution in [2.24, 2.45) is 5.73 Å². The van der Waals surface area contributed by atoms with Crippen LogP contribution in [-0.2, 0) is 16.1 Å².